The Bertz CT molecular complexity index is 718. The number of nitrogens with zero attached hydrogens (tertiary/aromatic N) is 4. The van der Waals surface area contributed by atoms with Crippen LogP contribution in [-0.2, 0) is 11.3 Å². The van der Waals surface area contributed by atoms with Gasteiger partial charge in [0, 0.05) is 25.2 Å². The second-order valence-corrected chi connectivity index (χ2v) is 6.15. The second kappa shape index (κ2) is 6.25. The van der Waals surface area contributed by atoms with Gasteiger partial charge in [-0.1, -0.05) is 6.07 Å². The van der Waals surface area contributed by atoms with Gasteiger partial charge >= 0.3 is 6.03 Å². The molecule has 3 amide bonds. The number of nitrogens with one attached hydrogen (secondary N) is 1. The summed E-state index contributed by atoms with van der Waals surface area (Å²) in [4.78, 5) is 31.5. The largest absolute Gasteiger partial charge is 0.350 e. The van der Waals surface area contributed by atoms with Crippen molar-refractivity contribution in [3.8, 4) is 0 Å². The number of anilines is 2. The normalized spacial score (nSPS) is 14.0. The number of fused-ring (bicyclic) bond motifs is 1. The van der Waals surface area contributed by atoms with Gasteiger partial charge in [-0.25, -0.2) is 14.8 Å². The minimum Gasteiger partial charge on any atom is -0.350 e. The van der Waals surface area contributed by atoms with Crippen LogP contribution in [0.25, 0.3) is 0 Å². The summed E-state index contributed by atoms with van der Waals surface area (Å²) in [6, 6.07) is 7.17. The van der Waals surface area contributed by atoms with Gasteiger partial charge in [0.1, 0.15) is 6.54 Å². The molecule has 0 unspecified atom stereocenters. The Labute approximate surface area is 138 Å². The van der Waals surface area contributed by atoms with Crippen LogP contribution in [-0.4, -0.2) is 42.6 Å². The van der Waals surface area contributed by atoms with E-state index in [4.69, 9.17) is 0 Å². The Kier molecular flexibility index (Phi) is 4.16. The summed E-state index contributed by atoms with van der Waals surface area (Å²) in [6.07, 6.45) is 1.66. The van der Waals surface area contributed by atoms with E-state index < -0.39 is 0 Å². The fraction of sp³-hybridized carbons (Fsp3) is 0.267. The summed E-state index contributed by atoms with van der Waals surface area (Å²) in [7, 11) is 3.41. The predicted octanol–water partition coefficient (Wildman–Crippen LogP) is 1.68. The van der Waals surface area contributed by atoms with Gasteiger partial charge in [-0.2, -0.15) is 0 Å². The van der Waals surface area contributed by atoms with Gasteiger partial charge in [0.25, 0.3) is 0 Å². The lowest BCUT2D eigenvalue weighted by Gasteiger charge is -2.40. The average molecular weight is 331 g/mol. The van der Waals surface area contributed by atoms with Crippen molar-refractivity contribution in [2.45, 2.75) is 6.54 Å². The summed E-state index contributed by atoms with van der Waals surface area (Å²) in [5.41, 5.74) is 0.629. The molecule has 2 aromatic heterocycles. The van der Waals surface area contributed by atoms with E-state index in [0.717, 1.165) is 4.88 Å². The fourth-order valence-corrected chi connectivity index (χ4v) is 2.99. The number of hydrazine groups is 1. The van der Waals surface area contributed by atoms with E-state index >= 15 is 0 Å². The number of hydrogen-bond acceptors (Lipinski definition) is 5. The van der Waals surface area contributed by atoms with Crippen molar-refractivity contribution in [3.63, 3.8) is 0 Å². The molecule has 23 heavy (non-hydrogen) atoms. The number of hydrogen-bond donors (Lipinski definition) is 1. The zero-order valence-electron chi connectivity index (χ0n) is 12.9. The third kappa shape index (κ3) is 2.98. The standard InChI is InChI=1S/C15H17N5O2S/c1-18-14-12(6-3-7-16-14)20(15(22)19(18)2)10-13(21)17-9-11-5-4-8-23-11/h3-8H,9-10H2,1-2H3,(H,17,21). The van der Waals surface area contributed by atoms with Crippen LogP contribution in [0.1, 0.15) is 4.88 Å². The number of carbonyl (C=O) groups excluding carboxylic acids is 2. The van der Waals surface area contributed by atoms with E-state index in [1.807, 2.05) is 17.5 Å². The van der Waals surface area contributed by atoms with Crippen LogP contribution in [0.15, 0.2) is 35.8 Å². The summed E-state index contributed by atoms with van der Waals surface area (Å²) < 4.78 is 0. The molecule has 0 atom stereocenters. The molecule has 0 saturated carbocycles. The molecule has 0 bridgehead atoms. The highest BCUT2D eigenvalue weighted by Gasteiger charge is 2.33. The third-order valence-corrected chi connectivity index (χ3v) is 4.54. The Morgan fingerprint density at radius 2 is 2.09 bits per heavy atom. The van der Waals surface area contributed by atoms with Gasteiger partial charge in [-0.05, 0) is 23.6 Å². The summed E-state index contributed by atoms with van der Waals surface area (Å²) in [5, 5.41) is 7.89. The molecule has 1 aliphatic rings. The van der Waals surface area contributed by atoms with E-state index in [1.54, 1.807) is 48.8 Å². The van der Waals surface area contributed by atoms with Gasteiger partial charge in [0.2, 0.25) is 5.91 Å². The van der Waals surface area contributed by atoms with Gasteiger partial charge < -0.3 is 5.32 Å². The van der Waals surface area contributed by atoms with Crippen molar-refractivity contribution >= 4 is 34.8 Å². The van der Waals surface area contributed by atoms with E-state index in [9.17, 15) is 9.59 Å². The number of urea groups is 1. The van der Waals surface area contributed by atoms with Crippen LogP contribution in [0.2, 0.25) is 0 Å². The van der Waals surface area contributed by atoms with Crippen molar-refractivity contribution < 1.29 is 9.59 Å². The molecule has 0 saturated heterocycles. The summed E-state index contributed by atoms with van der Waals surface area (Å²) >= 11 is 1.58. The molecular formula is C15H17N5O2S. The van der Waals surface area contributed by atoms with Crippen molar-refractivity contribution in [1.29, 1.82) is 0 Å². The first-order valence-electron chi connectivity index (χ1n) is 7.11. The van der Waals surface area contributed by atoms with E-state index in [2.05, 4.69) is 10.3 Å². The lowest BCUT2D eigenvalue weighted by Crippen LogP contribution is -2.55. The number of aromatic nitrogens is 1. The Hall–Kier alpha value is -2.61. The lowest BCUT2D eigenvalue weighted by molar-refractivity contribution is -0.119. The Morgan fingerprint density at radius 3 is 2.83 bits per heavy atom. The highest BCUT2D eigenvalue weighted by molar-refractivity contribution is 7.09. The van der Waals surface area contributed by atoms with Crippen molar-refractivity contribution in [2.75, 3.05) is 30.5 Å². The molecule has 0 aliphatic carbocycles. The van der Waals surface area contributed by atoms with Crippen LogP contribution in [0.5, 0.6) is 0 Å². The molecular weight excluding hydrogens is 314 g/mol. The zero-order valence-corrected chi connectivity index (χ0v) is 13.7. The SMILES string of the molecule is CN1C(=O)N(CC(=O)NCc2cccs2)c2cccnc2N1C. The van der Waals surface area contributed by atoms with Crippen LogP contribution in [0, 0.1) is 0 Å². The fourth-order valence-electron chi connectivity index (χ4n) is 2.35. The molecule has 8 heteroatoms. The molecule has 3 rings (SSSR count). The molecule has 3 heterocycles. The molecule has 2 aromatic rings. The highest BCUT2D eigenvalue weighted by Crippen LogP contribution is 2.31. The van der Waals surface area contributed by atoms with Gasteiger partial charge in [-0.3, -0.25) is 14.7 Å². The summed E-state index contributed by atoms with van der Waals surface area (Å²) in [5.74, 6) is 0.431. The first kappa shape index (κ1) is 15.3. The third-order valence-electron chi connectivity index (χ3n) is 3.66. The topological polar surface area (TPSA) is 68.8 Å². The minimum atomic E-state index is -0.265. The van der Waals surface area contributed by atoms with Crippen LogP contribution in [0.3, 0.4) is 0 Å². The quantitative estimate of drug-likeness (QED) is 0.925. The maximum Gasteiger partial charge on any atom is 0.343 e. The van der Waals surface area contributed by atoms with E-state index in [-0.39, 0.29) is 18.5 Å². The first-order chi connectivity index (χ1) is 11.1. The molecule has 0 fully saturated rings. The molecule has 120 valence electrons. The molecule has 7 nitrogen and oxygen atoms in total. The number of carbonyl (C=O) groups is 2. The Balaban J connectivity index is 1.74. The number of pyridine rings is 1. The van der Waals surface area contributed by atoms with Crippen LogP contribution >= 0.6 is 11.3 Å². The van der Waals surface area contributed by atoms with Gasteiger partial charge in [-0.15, -0.1) is 11.3 Å². The van der Waals surface area contributed by atoms with Crippen LogP contribution in [0.4, 0.5) is 16.3 Å². The molecule has 0 radical (unpaired) electrons. The van der Waals surface area contributed by atoms with Crippen molar-refractivity contribution in [1.82, 2.24) is 15.3 Å². The van der Waals surface area contributed by atoms with Crippen molar-refractivity contribution in [2.24, 2.45) is 0 Å². The van der Waals surface area contributed by atoms with Crippen molar-refractivity contribution in [3.05, 3.63) is 40.7 Å². The maximum absolute atomic E-state index is 12.5. The van der Waals surface area contributed by atoms with E-state index in [1.165, 1.54) is 9.91 Å². The Morgan fingerprint density at radius 1 is 1.26 bits per heavy atom. The minimum absolute atomic E-state index is 0.0406. The number of rotatable bonds is 4. The summed E-state index contributed by atoms with van der Waals surface area (Å²) in [6.45, 7) is 0.426. The predicted molar refractivity (Wildman–Crippen MR) is 89.3 cm³/mol. The maximum atomic E-state index is 12.5. The highest BCUT2D eigenvalue weighted by atomic mass is 32.1. The first-order valence-corrected chi connectivity index (χ1v) is 7.99. The molecule has 1 N–H and O–H groups in total. The number of amides is 3. The molecule has 0 aromatic carbocycles. The van der Waals surface area contributed by atoms with Crippen LogP contribution < -0.4 is 15.2 Å². The lowest BCUT2D eigenvalue weighted by atomic mass is 10.3. The van der Waals surface area contributed by atoms with E-state index in [0.29, 0.717) is 18.1 Å². The average Bonchev–Trinajstić information content (AvgIpc) is 3.08. The number of thiophene rings is 1. The monoisotopic (exact) mass is 331 g/mol. The van der Waals surface area contributed by atoms with Gasteiger partial charge in [0.05, 0.1) is 12.2 Å². The van der Waals surface area contributed by atoms with Gasteiger partial charge in [0.15, 0.2) is 5.82 Å². The smallest absolute Gasteiger partial charge is 0.343 e. The molecule has 0 spiro atoms. The second-order valence-electron chi connectivity index (χ2n) is 5.12. The molecule has 1 aliphatic heterocycles. The zero-order chi connectivity index (χ0) is 16.4.